The molecule has 0 spiro atoms. The lowest BCUT2D eigenvalue weighted by atomic mass is 9.84. The molecule has 0 saturated heterocycles. The van der Waals surface area contributed by atoms with Gasteiger partial charge in [-0.2, -0.15) is 13.2 Å². The van der Waals surface area contributed by atoms with E-state index in [9.17, 15) is 18.0 Å². The van der Waals surface area contributed by atoms with E-state index in [1.165, 1.54) is 11.3 Å². The fourth-order valence-corrected chi connectivity index (χ4v) is 3.99. The molecule has 4 nitrogen and oxygen atoms in total. The van der Waals surface area contributed by atoms with Crippen LogP contribution in [0.25, 0.3) is 10.6 Å². The summed E-state index contributed by atoms with van der Waals surface area (Å²) in [6.07, 6.45) is -2.68. The van der Waals surface area contributed by atoms with E-state index in [0.717, 1.165) is 5.56 Å². The molecular weight excluding hydrogens is 365 g/mol. The second-order valence-corrected chi connectivity index (χ2v) is 7.14. The van der Waals surface area contributed by atoms with Gasteiger partial charge in [-0.15, -0.1) is 11.3 Å². The molecule has 1 amide bonds. The first-order valence-corrected chi connectivity index (χ1v) is 9.24. The number of carbonyl (C=O) groups excluding carboxylic acids is 1. The van der Waals surface area contributed by atoms with Crippen molar-refractivity contribution in [3.8, 4) is 16.3 Å². The van der Waals surface area contributed by atoms with Crippen molar-refractivity contribution in [3.63, 3.8) is 0 Å². The van der Waals surface area contributed by atoms with E-state index in [0.29, 0.717) is 30.0 Å². The van der Waals surface area contributed by atoms with Crippen molar-refractivity contribution in [3.05, 3.63) is 35.3 Å². The number of amides is 1. The number of nitrogens with one attached hydrogen (secondary N) is 1. The van der Waals surface area contributed by atoms with Crippen LogP contribution < -0.4 is 10.1 Å². The Bertz CT molecular complexity index is 759. The summed E-state index contributed by atoms with van der Waals surface area (Å²) in [7, 11) is 1.57. The van der Waals surface area contributed by atoms with Crippen LogP contribution in [0.2, 0.25) is 0 Å². The van der Waals surface area contributed by atoms with Crippen molar-refractivity contribution in [2.75, 3.05) is 7.11 Å². The summed E-state index contributed by atoms with van der Waals surface area (Å²) in [5.41, 5.74) is 0.966. The molecule has 0 bridgehead atoms. The second-order valence-electron chi connectivity index (χ2n) is 6.28. The Kier molecular flexibility index (Phi) is 5.50. The summed E-state index contributed by atoms with van der Waals surface area (Å²) in [5.74, 6) is -1.33. The average Bonchev–Trinajstić information content (AvgIpc) is 3.11. The first-order valence-electron chi connectivity index (χ1n) is 8.36. The van der Waals surface area contributed by atoms with Gasteiger partial charge in [0.05, 0.1) is 13.0 Å². The molecule has 1 heterocycles. The first kappa shape index (κ1) is 18.7. The molecule has 3 rings (SSSR count). The van der Waals surface area contributed by atoms with Crippen molar-refractivity contribution < 1.29 is 22.7 Å². The third-order valence-electron chi connectivity index (χ3n) is 4.58. The van der Waals surface area contributed by atoms with Crippen LogP contribution in [0.1, 0.15) is 36.2 Å². The molecule has 0 unspecified atom stereocenters. The third kappa shape index (κ3) is 4.17. The highest BCUT2D eigenvalue weighted by Crippen LogP contribution is 2.38. The predicted molar refractivity (Wildman–Crippen MR) is 93.4 cm³/mol. The van der Waals surface area contributed by atoms with Gasteiger partial charge in [-0.05, 0) is 37.1 Å². The highest BCUT2D eigenvalue weighted by Gasteiger charge is 2.46. The van der Waals surface area contributed by atoms with Crippen LogP contribution in [0.15, 0.2) is 29.6 Å². The maximum absolute atomic E-state index is 13.2. The second kappa shape index (κ2) is 7.65. The predicted octanol–water partition coefficient (Wildman–Crippen LogP) is 4.67. The highest BCUT2D eigenvalue weighted by atomic mass is 32.1. The quantitative estimate of drug-likeness (QED) is 0.833. The number of hydrogen-bond acceptors (Lipinski definition) is 4. The molecule has 1 aromatic carbocycles. The van der Waals surface area contributed by atoms with Crippen molar-refractivity contribution in [1.82, 2.24) is 10.3 Å². The zero-order chi connectivity index (χ0) is 18.7. The lowest BCUT2D eigenvalue weighted by Crippen LogP contribution is -2.47. The van der Waals surface area contributed by atoms with Gasteiger partial charge < -0.3 is 10.1 Å². The lowest BCUT2D eigenvalue weighted by molar-refractivity contribution is -0.187. The summed E-state index contributed by atoms with van der Waals surface area (Å²) in [6, 6.07) is 6.32. The van der Waals surface area contributed by atoms with E-state index < -0.39 is 24.0 Å². The monoisotopic (exact) mass is 384 g/mol. The molecule has 140 valence electrons. The van der Waals surface area contributed by atoms with E-state index in [4.69, 9.17) is 4.74 Å². The van der Waals surface area contributed by atoms with Crippen LogP contribution in [0.4, 0.5) is 13.2 Å². The Hall–Kier alpha value is -2.09. The van der Waals surface area contributed by atoms with Gasteiger partial charge in [-0.25, -0.2) is 4.98 Å². The molecule has 1 N–H and O–H groups in total. The Morgan fingerprint density at radius 2 is 1.92 bits per heavy atom. The molecule has 1 aromatic heterocycles. The largest absolute Gasteiger partial charge is 0.497 e. The summed E-state index contributed by atoms with van der Waals surface area (Å²) in [6.45, 7) is 0. The molecule has 1 aliphatic rings. The van der Waals surface area contributed by atoms with Gasteiger partial charge in [-0.1, -0.05) is 12.8 Å². The minimum absolute atomic E-state index is 0.0581. The molecule has 2 aromatic rings. The smallest absolute Gasteiger partial charge is 0.393 e. The molecule has 0 radical (unpaired) electrons. The van der Waals surface area contributed by atoms with E-state index in [2.05, 4.69) is 10.3 Å². The van der Waals surface area contributed by atoms with Gasteiger partial charge in [0.2, 0.25) is 0 Å². The van der Waals surface area contributed by atoms with Crippen molar-refractivity contribution in [2.45, 2.75) is 37.9 Å². The van der Waals surface area contributed by atoms with E-state index in [1.54, 1.807) is 24.6 Å². The number of methoxy groups -OCH3 is 1. The minimum atomic E-state index is -4.30. The van der Waals surface area contributed by atoms with Crippen molar-refractivity contribution >= 4 is 17.2 Å². The lowest BCUT2D eigenvalue weighted by Gasteiger charge is -2.33. The number of aromatic nitrogens is 1. The SMILES string of the molecule is COc1ccc(-c2nc(C(=O)N[C@H]3CCCC[C@H]3C(F)(F)F)cs2)cc1. The van der Waals surface area contributed by atoms with Crippen LogP contribution in [-0.2, 0) is 0 Å². The van der Waals surface area contributed by atoms with E-state index >= 15 is 0 Å². The molecule has 1 aliphatic carbocycles. The summed E-state index contributed by atoms with van der Waals surface area (Å²) in [4.78, 5) is 16.6. The van der Waals surface area contributed by atoms with Crippen LogP contribution in [0.3, 0.4) is 0 Å². The van der Waals surface area contributed by atoms with Gasteiger partial charge in [0.1, 0.15) is 16.5 Å². The molecule has 26 heavy (non-hydrogen) atoms. The van der Waals surface area contributed by atoms with Gasteiger partial charge in [0.25, 0.3) is 5.91 Å². The molecule has 8 heteroatoms. The topological polar surface area (TPSA) is 51.2 Å². The third-order valence-corrected chi connectivity index (χ3v) is 5.47. The fraction of sp³-hybridized carbons (Fsp3) is 0.444. The summed E-state index contributed by atoms with van der Waals surface area (Å²) >= 11 is 1.28. The molecular formula is C18H19F3N2O2S. The van der Waals surface area contributed by atoms with Crippen molar-refractivity contribution in [1.29, 1.82) is 0 Å². The zero-order valence-electron chi connectivity index (χ0n) is 14.2. The van der Waals surface area contributed by atoms with Crippen LogP contribution in [0.5, 0.6) is 5.75 Å². The number of benzene rings is 1. The van der Waals surface area contributed by atoms with E-state index in [-0.39, 0.29) is 12.1 Å². The maximum Gasteiger partial charge on any atom is 0.393 e. The number of nitrogens with zero attached hydrogens (tertiary/aromatic N) is 1. The normalized spacial score (nSPS) is 20.6. The minimum Gasteiger partial charge on any atom is -0.497 e. The Balaban J connectivity index is 1.71. The number of hydrogen-bond donors (Lipinski definition) is 1. The molecule has 1 fully saturated rings. The number of alkyl halides is 3. The van der Waals surface area contributed by atoms with E-state index in [1.807, 2.05) is 12.1 Å². The molecule has 1 saturated carbocycles. The van der Waals surface area contributed by atoms with Crippen LogP contribution >= 0.6 is 11.3 Å². The standard InChI is InChI=1S/C18H19F3N2O2S/c1-25-12-8-6-11(7-9-12)17-23-15(10-26-17)16(24)22-14-5-3-2-4-13(14)18(19,20)21/h6-10,13-14H,2-5H2,1H3,(H,22,24)/t13-,14+/m1/s1. The van der Waals surface area contributed by atoms with Crippen LogP contribution in [0, 0.1) is 5.92 Å². The maximum atomic E-state index is 13.2. The first-order chi connectivity index (χ1) is 12.4. The van der Waals surface area contributed by atoms with Gasteiger partial charge in [0.15, 0.2) is 0 Å². The molecule has 2 atom stereocenters. The summed E-state index contributed by atoms with van der Waals surface area (Å²) in [5, 5.41) is 4.74. The van der Waals surface area contributed by atoms with Crippen LogP contribution in [-0.4, -0.2) is 30.2 Å². The highest BCUT2D eigenvalue weighted by molar-refractivity contribution is 7.13. The van der Waals surface area contributed by atoms with Gasteiger partial charge in [-0.3, -0.25) is 4.79 Å². The Morgan fingerprint density at radius 1 is 1.23 bits per heavy atom. The van der Waals surface area contributed by atoms with Crippen molar-refractivity contribution in [2.24, 2.45) is 5.92 Å². The van der Waals surface area contributed by atoms with Gasteiger partial charge in [0, 0.05) is 17.0 Å². The number of rotatable bonds is 4. The number of thiazole rings is 1. The number of halogens is 3. The fourth-order valence-electron chi connectivity index (χ4n) is 3.18. The Morgan fingerprint density at radius 3 is 2.58 bits per heavy atom. The average molecular weight is 384 g/mol. The zero-order valence-corrected chi connectivity index (χ0v) is 15.0. The van der Waals surface area contributed by atoms with Gasteiger partial charge >= 0.3 is 6.18 Å². The Labute approximate surface area is 153 Å². The number of carbonyl (C=O) groups is 1. The number of ether oxygens (including phenoxy) is 1. The molecule has 0 aliphatic heterocycles. The summed E-state index contributed by atoms with van der Waals surface area (Å²) < 4.78 is 44.6.